The number of halogens is 6. The van der Waals surface area contributed by atoms with E-state index in [-0.39, 0.29) is 5.82 Å². The van der Waals surface area contributed by atoms with Crippen LogP contribution in [-0.4, -0.2) is 39.4 Å². The molecular formula is C12H13F6N5. The van der Waals surface area contributed by atoms with Gasteiger partial charge in [0.15, 0.2) is 0 Å². The lowest BCUT2D eigenvalue weighted by Crippen LogP contribution is -2.35. The van der Waals surface area contributed by atoms with Gasteiger partial charge in [-0.25, -0.2) is 0 Å². The van der Waals surface area contributed by atoms with E-state index in [1.807, 2.05) is 10.6 Å². The van der Waals surface area contributed by atoms with Gasteiger partial charge in [-0.3, -0.25) is 0 Å². The van der Waals surface area contributed by atoms with Crippen molar-refractivity contribution in [1.82, 2.24) is 15.0 Å². The van der Waals surface area contributed by atoms with Crippen LogP contribution in [0.5, 0.6) is 0 Å². The molecule has 0 saturated carbocycles. The summed E-state index contributed by atoms with van der Waals surface area (Å²) >= 11 is 0. The summed E-state index contributed by atoms with van der Waals surface area (Å²) < 4.78 is 75.1. The van der Waals surface area contributed by atoms with Crippen molar-refractivity contribution in [1.29, 1.82) is 0 Å². The van der Waals surface area contributed by atoms with Gasteiger partial charge < -0.3 is 10.6 Å². The van der Waals surface area contributed by atoms with Gasteiger partial charge >= 0.3 is 12.4 Å². The van der Waals surface area contributed by atoms with Crippen LogP contribution < -0.4 is 10.6 Å². The van der Waals surface area contributed by atoms with Crippen LogP contribution in [0.1, 0.15) is 26.6 Å². The highest BCUT2D eigenvalue weighted by Crippen LogP contribution is 2.24. The second-order valence-electron chi connectivity index (χ2n) is 4.50. The van der Waals surface area contributed by atoms with Crippen LogP contribution >= 0.6 is 0 Å². The van der Waals surface area contributed by atoms with E-state index in [0.29, 0.717) is 0 Å². The van der Waals surface area contributed by atoms with Crippen LogP contribution in [0.2, 0.25) is 0 Å². The van der Waals surface area contributed by atoms with Crippen molar-refractivity contribution in [2.45, 2.75) is 45.2 Å². The number of alkyl halides is 6. The van der Waals surface area contributed by atoms with Crippen molar-refractivity contribution in [2.75, 3.05) is 10.6 Å². The van der Waals surface area contributed by atoms with Gasteiger partial charge in [-0.2, -0.15) is 41.3 Å². The molecule has 0 unspecified atom stereocenters. The van der Waals surface area contributed by atoms with Crippen LogP contribution in [0.3, 0.4) is 0 Å². The van der Waals surface area contributed by atoms with Crippen LogP contribution in [0, 0.1) is 11.8 Å². The Bertz CT molecular complexity index is 560. The summed E-state index contributed by atoms with van der Waals surface area (Å²) in [4.78, 5) is 10.7. The first-order chi connectivity index (χ1) is 10.4. The molecule has 1 aromatic rings. The van der Waals surface area contributed by atoms with Crippen molar-refractivity contribution >= 4 is 11.9 Å². The lowest BCUT2D eigenvalue weighted by molar-refractivity contribution is -0.139. The Hall–Kier alpha value is -2.25. The number of nitrogens with one attached hydrogen (secondary N) is 2. The summed E-state index contributed by atoms with van der Waals surface area (Å²) in [7, 11) is 0. The lowest BCUT2D eigenvalue weighted by atomic mass is 10.3. The number of nitrogens with zero attached hydrogens (tertiary/aromatic N) is 3. The van der Waals surface area contributed by atoms with Gasteiger partial charge in [0.1, 0.15) is 12.1 Å². The van der Waals surface area contributed by atoms with E-state index in [4.69, 9.17) is 0 Å². The third-order valence-corrected chi connectivity index (χ3v) is 2.55. The minimum Gasteiger partial charge on any atom is -0.343 e. The van der Waals surface area contributed by atoms with E-state index in [0.717, 1.165) is 13.8 Å². The number of aromatic nitrogens is 3. The van der Waals surface area contributed by atoms with Crippen molar-refractivity contribution in [3.63, 3.8) is 0 Å². The molecule has 0 radical (unpaired) electrons. The summed E-state index contributed by atoms with van der Waals surface area (Å²) in [6.45, 7) is 3.06. The van der Waals surface area contributed by atoms with Crippen molar-refractivity contribution in [3.05, 3.63) is 5.82 Å². The Morgan fingerprint density at radius 2 is 1.22 bits per heavy atom. The first kappa shape index (κ1) is 18.8. The molecule has 11 heteroatoms. The molecule has 1 aromatic heterocycles. The summed E-state index contributed by atoms with van der Waals surface area (Å²) in [5.41, 5.74) is 0. The van der Waals surface area contributed by atoms with E-state index in [1.54, 1.807) is 0 Å². The molecule has 0 saturated heterocycles. The molecule has 1 heterocycles. The fraction of sp³-hybridized carbons (Fsp3) is 0.583. The largest absolute Gasteiger partial charge is 0.408 e. The molecule has 2 atom stereocenters. The molecule has 0 amide bonds. The van der Waals surface area contributed by atoms with E-state index in [9.17, 15) is 26.3 Å². The Morgan fingerprint density at radius 3 is 1.52 bits per heavy atom. The Morgan fingerprint density at radius 1 is 0.826 bits per heavy atom. The zero-order chi connectivity index (χ0) is 17.8. The maximum atomic E-state index is 12.5. The minimum absolute atomic E-state index is 0.253. The average Bonchev–Trinajstić information content (AvgIpc) is 2.36. The average molecular weight is 341 g/mol. The maximum Gasteiger partial charge on any atom is 0.408 e. The first-order valence-corrected chi connectivity index (χ1v) is 6.28. The smallest absolute Gasteiger partial charge is 0.343 e. The molecule has 0 aliphatic carbocycles. The molecule has 0 bridgehead atoms. The number of hydrogen-bond donors (Lipinski definition) is 2. The Labute approximate surface area is 127 Å². The molecule has 1 rings (SSSR count). The highest BCUT2D eigenvalue weighted by atomic mass is 19.4. The predicted molar refractivity (Wildman–Crippen MR) is 70.7 cm³/mol. The van der Waals surface area contributed by atoms with Gasteiger partial charge in [-0.05, 0) is 26.7 Å². The zero-order valence-electron chi connectivity index (χ0n) is 12.3. The van der Waals surface area contributed by atoms with E-state index in [1.165, 1.54) is 6.92 Å². The van der Waals surface area contributed by atoms with E-state index in [2.05, 4.69) is 26.8 Å². The Balaban J connectivity index is 3.09. The quantitative estimate of drug-likeness (QED) is 0.651. The molecular weight excluding hydrogens is 328 g/mol. The molecule has 5 nitrogen and oxygen atoms in total. The second-order valence-corrected chi connectivity index (χ2v) is 4.50. The predicted octanol–water partition coefficient (Wildman–Crippen LogP) is 2.97. The standard InChI is InChI=1S/C12H13F6N5/c1-4-5-8-21-9(19-6(2)11(13,14)15)23-10(22-8)20-7(3)12(16,17)18/h6-7H,1-3H3,(H2,19,20,21,22,23)/t6-,7-/m1/s1. The maximum absolute atomic E-state index is 12.5. The fourth-order valence-corrected chi connectivity index (χ4v) is 1.22. The first-order valence-electron chi connectivity index (χ1n) is 6.28. The molecule has 0 fully saturated rings. The van der Waals surface area contributed by atoms with Crippen molar-refractivity contribution < 1.29 is 26.3 Å². The highest BCUT2D eigenvalue weighted by Gasteiger charge is 2.38. The molecule has 23 heavy (non-hydrogen) atoms. The summed E-state index contributed by atoms with van der Waals surface area (Å²) in [6, 6.07) is -4.00. The SMILES string of the molecule is CC#Cc1nc(N[C@H](C)C(F)(F)F)nc(N[C@H](C)C(F)(F)F)n1. The monoisotopic (exact) mass is 341 g/mol. The van der Waals surface area contributed by atoms with Crippen LogP contribution in [0.25, 0.3) is 0 Å². The number of anilines is 2. The summed E-state index contributed by atoms with van der Waals surface area (Å²) in [5.74, 6) is 3.45. The third-order valence-electron chi connectivity index (χ3n) is 2.55. The molecule has 0 aromatic carbocycles. The van der Waals surface area contributed by atoms with Crippen molar-refractivity contribution in [2.24, 2.45) is 0 Å². The molecule has 128 valence electrons. The number of hydrogen-bond acceptors (Lipinski definition) is 5. The van der Waals surface area contributed by atoms with Crippen LogP contribution in [0.4, 0.5) is 38.2 Å². The second kappa shape index (κ2) is 6.89. The molecule has 0 aliphatic rings. The topological polar surface area (TPSA) is 62.7 Å². The summed E-state index contributed by atoms with van der Waals surface area (Å²) in [6.07, 6.45) is -9.15. The molecule has 0 spiro atoms. The minimum atomic E-state index is -4.57. The fourth-order valence-electron chi connectivity index (χ4n) is 1.22. The van der Waals surface area contributed by atoms with E-state index >= 15 is 0 Å². The Kier molecular flexibility index (Phi) is 5.63. The van der Waals surface area contributed by atoms with E-state index < -0.39 is 36.3 Å². The van der Waals surface area contributed by atoms with Gasteiger partial charge in [0, 0.05) is 0 Å². The van der Waals surface area contributed by atoms with Gasteiger partial charge in [0.25, 0.3) is 0 Å². The summed E-state index contributed by atoms with van der Waals surface area (Å²) in [5, 5.41) is 3.91. The molecule has 2 N–H and O–H groups in total. The van der Waals surface area contributed by atoms with Gasteiger partial charge in [-0.1, -0.05) is 5.92 Å². The van der Waals surface area contributed by atoms with Gasteiger partial charge in [0.05, 0.1) is 0 Å². The number of rotatable bonds is 4. The van der Waals surface area contributed by atoms with Crippen molar-refractivity contribution in [3.8, 4) is 11.8 Å². The van der Waals surface area contributed by atoms with Gasteiger partial charge in [-0.15, -0.1) is 0 Å². The van der Waals surface area contributed by atoms with Gasteiger partial charge in [0.2, 0.25) is 17.7 Å². The third kappa shape index (κ3) is 5.80. The van der Waals surface area contributed by atoms with Crippen LogP contribution in [-0.2, 0) is 0 Å². The highest BCUT2D eigenvalue weighted by molar-refractivity contribution is 5.39. The molecule has 0 aliphatic heterocycles. The van der Waals surface area contributed by atoms with Crippen LogP contribution in [0.15, 0.2) is 0 Å². The lowest BCUT2D eigenvalue weighted by Gasteiger charge is -2.19. The zero-order valence-corrected chi connectivity index (χ0v) is 12.3. The normalized spacial score (nSPS) is 14.5.